The predicted octanol–water partition coefficient (Wildman–Crippen LogP) is 3.03. The smallest absolute Gasteiger partial charge is 0.256 e. The van der Waals surface area contributed by atoms with Crippen molar-refractivity contribution in [3.05, 3.63) is 18.3 Å². The van der Waals surface area contributed by atoms with Crippen LogP contribution in [0.2, 0.25) is 0 Å². The lowest BCUT2D eigenvalue weighted by molar-refractivity contribution is -0.142. The van der Waals surface area contributed by atoms with Gasteiger partial charge >= 0.3 is 0 Å². The van der Waals surface area contributed by atoms with Gasteiger partial charge < -0.3 is 19.5 Å². The van der Waals surface area contributed by atoms with Crippen molar-refractivity contribution in [2.24, 2.45) is 5.92 Å². The average molecular weight is 336 g/mol. The zero-order valence-corrected chi connectivity index (χ0v) is 14.8. The van der Waals surface area contributed by atoms with Gasteiger partial charge in [0.25, 0.3) is 5.91 Å². The Morgan fingerprint density at radius 3 is 2.67 bits per heavy atom. The second kappa shape index (κ2) is 8.99. The van der Waals surface area contributed by atoms with E-state index in [1.165, 1.54) is 0 Å². The fraction of sp³-hybridized carbons (Fsp3) is 0.667. The molecule has 1 aliphatic carbocycles. The first-order valence-electron chi connectivity index (χ1n) is 8.72. The number of ether oxygens (including phenoxy) is 3. The highest BCUT2D eigenvalue weighted by Crippen LogP contribution is 2.42. The molecule has 0 aliphatic heterocycles. The minimum Gasteiger partial charge on any atom is -0.475 e. The summed E-state index contributed by atoms with van der Waals surface area (Å²) in [6.07, 6.45) is 4.57. The molecule has 1 heterocycles. The van der Waals surface area contributed by atoms with Crippen LogP contribution >= 0.6 is 0 Å². The molecule has 1 N–H and O–H groups in total. The Morgan fingerprint density at radius 1 is 1.29 bits per heavy atom. The summed E-state index contributed by atoms with van der Waals surface area (Å²) < 4.78 is 16.5. The van der Waals surface area contributed by atoms with Gasteiger partial charge in [-0.2, -0.15) is 0 Å². The topological polar surface area (TPSA) is 69.7 Å². The van der Waals surface area contributed by atoms with Gasteiger partial charge in [-0.05, 0) is 45.1 Å². The molecule has 1 aromatic rings. The van der Waals surface area contributed by atoms with Gasteiger partial charge in [0, 0.05) is 19.3 Å². The maximum absolute atomic E-state index is 12.6. The van der Waals surface area contributed by atoms with Gasteiger partial charge in [-0.1, -0.05) is 6.92 Å². The Balaban J connectivity index is 1.88. The van der Waals surface area contributed by atoms with E-state index in [9.17, 15) is 4.79 Å². The number of carbonyl (C=O) groups is 1. The molecule has 6 nitrogen and oxygen atoms in total. The number of carbonyl (C=O) groups excluding carboxylic acids is 1. The number of amides is 1. The molecule has 24 heavy (non-hydrogen) atoms. The first kappa shape index (κ1) is 18.7. The van der Waals surface area contributed by atoms with Crippen LogP contribution in [0.1, 0.15) is 40.0 Å². The molecule has 1 saturated carbocycles. The van der Waals surface area contributed by atoms with Gasteiger partial charge in [0.15, 0.2) is 0 Å². The third kappa shape index (κ3) is 5.18. The Kier molecular flexibility index (Phi) is 6.99. The van der Waals surface area contributed by atoms with Crippen LogP contribution in [-0.4, -0.2) is 42.9 Å². The van der Waals surface area contributed by atoms with Crippen LogP contribution < -0.4 is 10.1 Å². The predicted molar refractivity (Wildman–Crippen MR) is 92.2 cm³/mol. The van der Waals surface area contributed by atoms with E-state index in [2.05, 4.69) is 10.3 Å². The molecule has 1 fully saturated rings. The molecule has 0 radical (unpaired) electrons. The molecule has 0 spiro atoms. The number of aromatic nitrogens is 1. The summed E-state index contributed by atoms with van der Waals surface area (Å²) in [5, 5.41) is 2.91. The number of hydrogen-bond acceptors (Lipinski definition) is 5. The third-order valence-corrected chi connectivity index (χ3v) is 4.09. The van der Waals surface area contributed by atoms with Crippen LogP contribution in [0.25, 0.3) is 0 Å². The molecular weight excluding hydrogens is 308 g/mol. The Hall–Kier alpha value is -1.66. The zero-order chi connectivity index (χ0) is 17.4. The van der Waals surface area contributed by atoms with Crippen LogP contribution in [0.5, 0.6) is 5.88 Å². The van der Waals surface area contributed by atoms with Crippen molar-refractivity contribution < 1.29 is 19.0 Å². The minimum absolute atomic E-state index is 0.106. The quantitative estimate of drug-likeness (QED) is 0.629. The van der Waals surface area contributed by atoms with Gasteiger partial charge in [-0.3, -0.25) is 4.79 Å². The molecule has 1 aromatic heterocycles. The number of rotatable bonds is 11. The molecule has 134 valence electrons. The lowest BCUT2D eigenvalue weighted by Gasteiger charge is -2.28. The lowest BCUT2D eigenvalue weighted by atomic mass is 9.99. The largest absolute Gasteiger partial charge is 0.475 e. The summed E-state index contributed by atoms with van der Waals surface area (Å²) in [5.74, 6) is 0.711. The summed E-state index contributed by atoms with van der Waals surface area (Å²) in [5.41, 5.74) is -0.119. The number of anilines is 1. The fourth-order valence-electron chi connectivity index (χ4n) is 2.46. The van der Waals surface area contributed by atoms with Crippen LogP contribution in [0.3, 0.4) is 0 Å². The zero-order valence-electron chi connectivity index (χ0n) is 14.8. The molecule has 0 saturated heterocycles. The second-order valence-corrected chi connectivity index (χ2v) is 6.11. The Labute approximate surface area is 143 Å². The van der Waals surface area contributed by atoms with E-state index >= 15 is 0 Å². The van der Waals surface area contributed by atoms with Crippen molar-refractivity contribution in [1.82, 2.24) is 4.98 Å². The van der Waals surface area contributed by atoms with E-state index in [-0.39, 0.29) is 5.91 Å². The maximum Gasteiger partial charge on any atom is 0.256 e. The number of pyridine rings is 1. The normalized spacial score (nSPS) is 16.5. The number of hydrogen-bond donors (Lipinski definition) is 1. The SMILES string of the molecule is CCCO[C@@](C)(C(=O)Nc1ccc(OCCOCC)nc1)C1CC1. The van der Waals surface area contributed by atoms with Crippen LogP contribution in [0.15, 0.2) is 18.3 Å². The Morgan fingerprint density at radius 2 is 2.08 bits per heavy atom. The van der Waals surface area contributed by atoms with Crippen molar-refractivity contribution in [1.29, 1.82) is 0 Å². The molecule has 6 heteroatoms. The monoisotopic (exact) mass is 336 g/mol. The van der Waals surface area contributed by atoms with Gasteiger partial charge in [-0.25, -0.2) is 4.98 Å². The molecule has 1 aliphatic rings. The Bertz CT molecular complexity index is 516. The summed E-state index contributed by atoms with van der Waals surface area (Å²) in [6.45, 7) is 8.11. The molecule has 0 aromatic carbocycles. The van der Waals surface area contributed by atoms with Crippen molar-refractivity contribution in [3.63, 3.8) is 0 Å². The van der Waals surface area contributed by atoms with E-state index in [4.69, 9.17) is 14.2 Å². The van der Waals surface area contributed by atoms with Gasteiger partial charge in [-0.15, -0.1) is 0 Å². The molecule has 0 unspecified atom stereocenters. The van der Waals surface area contributed by atoms with E-state index in [1.54, 1.807) is 18.3 Å². The van der Waals surface area contributed by atoms with E-state index < -0.39 is 5.60 Å². The number of nitrogens with one attached hydrogen (secondary N) is 1. The molecule has 0 bridgehead atoms. The molecule has 2 rings (SSSR count). The summed E-state index contributed by atoms with van der Waals surface area (Å²) in [6, 6.07) is 3.52. The van der Waals surface area contributed by atoms with Crippen molar-refractivity contribution in [3.8, 4) is 5.88 Å². The first-order valence-corrected chi connectivity index (χ1v) is 8.72. The van der Waals surface area contributed by atoms with E-state index in [0.717, 1.165) is 19.3 Å². The van der Waals surface area contributed by atoms with Crippen molar-refractivity contribution in [2.75, 3.05) is 31.7 Å². The highest BCUT2D eigenvalue weighted by Gasteiger charge is 2.48. The number of nitrogens with zero attached hydrogens (tertiary/aromatic N) is 1. The highest BCUT2D eigenvalue weighted by atomic mass is 16.5. The molecule has 1 amide bonds. The van der Waals surface area contributed by atoms with Crippen LogP contribution in [-0.2, 0) is 14.3 Å². The maximum atomic E-state index is 12.6. The standard InChI is InChI=1S/C18H28N2O4/c1-4-10-24-18(3,14-6-7-14)17(21)20-15-8-9-16(19-13-15)23-12-11-22-5-2/h8-9,13-14H,4-7,10-12H2,1-3H3,(H,20,21)/t18-/m1/s1. The summed E-state index contributed by atoms with van der Waals surface area (Å²) in [4.78, 5) is 16.8. The average Bonchev–Trinajstić information content (AvgIpc) is 3.43. The summed E-state index contributed by atoms with van der Waals surface area (Å²) in [7, 11) is 0. The van der Waals surface area contributed by atoms with E-state index in [1.807, 2.05) is 20.8 Å². The van der Waals surface area contributed by atoms with Crippen molar-refractivity contribution >= 4 is 11.6 Å². The van der Waals surface area contributed by atoms with Gasteiger partial charge in [0.05, 0.1) is 18.5 Å². The molecule has 1 atom stereocenters. The van der Waals surface area contributed by atoms with E-state index in [0.29, 0.717) is 43.9 Å². The first-order chi connectivity index (χ1) is 11.6. The lowest BCUT2D eigenvalue weighted by Crippen LogP contribution is -2.45. The fourth-order valence-corrected chi connectivity index (χ4v) is 2.46. The summed E-state index contributed by atoms with van der Waals surface area (Å²) >= 11 is 0. The van der Waals surface area contributed by atoms with Gasteiger partial charge in [0.1, 0.15) is 12.2 Å². The second-order valence-electron chi connectivity index (χ2n) is 6.11. The van der Waals surface area contributed by atoms with Crippen LogP contribution in [0, 0.1) is 5.92 Å². The minimum atomic E-state index is -0.761. The van der Waals surface area contributed by atoms with Gasteiger partial charge in [0.2, 0.25) is 5.88 Å². The highest BCUT2D eigenvalue weighted by molar-refractivity contribution is 5.97. The molecular formula is C18H28N2O4. The third-order valence-electron chi connectivity index (χ3n) is 4.09. The van der Waals surface area contributed by atoms with Crippen LogP contribution in [0.4, 0.5) is 5.69 Å². The van der Waals surface area contributed by atoms with Crippen molar-refractivity contribution in [2.45, 2.75) is 45.6 Å².